The second-order valence-electron chi connectivity index (χ2n) is 6.30. The van der Waals surface area contributed by atoms with Crippen LogP contribution in [0, 0.1) is 0 Å². The van der Waals surface area contributed by atoms with Crippen LogP contribution in [0.4, 0.5) is 9.59 Å². The van der Waals surface area contributed by atoms with Gasteiger partial charge in [0.25, 0.3) is 0 Å². The van der Waals surface area contributed by atoms with Crippen LogP contribution in [-0.4, -0.2) is 36.5 Å². The van der Waals surface area contributed by atoms with E-state index >= 15 is 0 Å². The Morgan fingerprint density at radius 3 is 1.91 bits per heavy atom. The van der Waals surface area contributed by atoms with Crippen LogP contribution in [0.25, 0.3) is 0 Å². The van der Waals surface area contributed by atoms with Crippen molar-refractivity contribution in [2.45, 2.75) is 83.2 Å². The van der Waals surface area contributed by atoms with Gasteiger partial charge in [0.2, 0.25) is 0 Å². The minimum absolute atomic E-state index is 0.124. The van der Waals surface area contributed by atoms with Gasteiger partial charge < -0.3 is 20.5 Å². The van der Waals surface area contributed by atoms with Gasteiger partial charge in [-0.25, -0.2) is 9.59 Å². The fourth-order valence-corrected chi connectivity index (χ4v) is 2.90. The second kappa shape index (κ2) is 13.0. The number of hydrogen-bond acceptors (Lipinski definition) is 3. The van der Waals surface area contributed by atoms with Crippen LogP contribution < -0.4 is 10.6 Å². The average molecular weight is 328 g/mol. The number of amides is 2. The highest BCUT2D eigenvalue weighted by atomic mass is 16.6. The summed E-state index contributed by atoms with van der Waals surface area (Å²) in [5.74, 6) is 0. The predicted octanol–water partition coefficient (Wildman–Crippen LogP) is 4.04. The van der Waals surface area contributed by atoms with Gasteiger partial charge in [0, 0.05) is 13.1 Å². The van der Waals surface area contributed by atoms with Crippen molar-refractivity contribution in [3.05, 3.63) is 0 Å². The van der Waals surface area contributed by atoms with Crippen LogP contribution >= 0.6 is 0 Å². The molecule has 0 aromatic carbocycles. The number of rotatable bonds is 11. The van der Waals surface area contributed by atoms with E-state index in [0.717, 1.165) is 51.4 Å². The van der Waals surface area contributed by atoms with Gasteiger partial charge in [0.15, 0.2) is 0 Å². The number of unbranched alkanes of at least 4 members (excludes halogenated alkanes) is 6. The number of alkyl carbamates (subject to hydrolysis) is 1. The van der Waals surface area contributed by atoms with Crippen LogP contribution in [-0.2, 0) is 4.74 Å². The van der Waals surface area contributed by atoms with Crippen molar-refractivity contribution in [2.24, 2.45) is 0 Å². The molecule has 0 heterocycles. The van der Waals surface area contributed by atoms with Crippen molar-refractivity contribution in [3.63, 3.8) is 0 Å². The predicted molar refractivity (Wildman–Crippen MR) is 89.7 cm³/mol. The molecule has 0 aromatic rings. The summed E-state index contributed by atoms with van der Waals surface area (Å²) < 4.78 is 5.39. The Hall–Kier alpha value is -1.46. The molecular formula is C17H32N2O4. The molecule has 2 amide bonds. The first kappa shape index (κ1) is 19.6. The van der Waals surface area contributed by atoms with Gasteiger partial charge in [-0.1, -0.05) is 38.5 Å². The zero-order valence-electron chi connectivity index (χ0n) is 14.1. The van der Waals surface area contributed by atoms with E-state index in [2.05, 4.69) is 10.6 Å². The molecule has 0 unspecified atom stereocenters. The Bertz CT molecular complexity index is 331. The van der Waals surface area contributed by atoms with Crippen molar-refractivity contribution in [3.8, 4) is 0 Å². The fraction of sp³-hybridized carbons (Fsp3) is 0.882. The van der Waals surface area contributed by atoms with Crippen LogP contribution in [0.3, 0.4) is 0 Å². The maximum Gasteiger partial charge on any atom is 0.407 e. The summed E-state index contributed by atoms with van der Waals surface area (Å²) >= 11 is 0. The van der Waals surface area contributed by atoms with Gasteiger partial charge in [-0.05, 0) is 38.5 Å². The number of ether oxygens (including phenoxy) is 1. The molecule has 1 aliphatic carbocycles. The van der Waals surface area contributed by atoms with Crippen molar-refractivity contribution in [1.82, 2.24) is 10.6 Å². The smallest absolute Gasteiger partial charge is 0.407 e. The monoisotopic (exact) mass is 328 g/mol. The number of hydrogen-bond donors (Lipinski definition) is 3. The van der Waals surface area contributed by atoms with Crippen LogP contribution in [0.2, 0.25) is 0 Å². The van der Waals surface area contributed by atoms with Gasteiger partial charge in [-0.3, -0.25) is 0 Å². The summed E-state index contributed by atoms with van der Waals surface area (Å²) in [6, 6.07) is 0. The van der Waals surface area contributed by atoms with Crippen LogP contribution in [0.15, 0.2) is 0 Å². The topological polar surface area (TPSA) is 87.7 Å². The summed E-state index contributed by atoms with van der Waals surface area (Å²) in [5.41, 5.74) is 0. The average Bonchev–Trinajstić information content (AvgIpc) is 2.53. The first-order valence-corrected chi connectivity index (χ1v) is 9.10. The van der Waals surface area contributed by atoms with Gasteiger partial charge in [-0.2, -0.15) is 0 Å². The lowest BCUT2D eigenvalue weighted by atomic mass is 9.98. The largest absolute Gasteiger partial charge is 0.465 e. The van der Waals surface area contributed by atoms with E-state index in [1.54, 1.807) is 0 Å². The van der Waals surface area contributed by atoms with E-state index in [9.17, 15) is 9.59 Å². The standard InChI is InChI=1S/C17H32N2O4/c20-16(21)18-13-9-4-2-1-3-5-10-14-19-17(22)23-15-11-7-6-8-12-15/h15,18H,1-14H2,(H,19,22)(H,20,21). The van der Waals surface area contributed by atoms with E-state index < -0.39 is 6.09 Å². The summed E-state index contributed by atoms with van der Waals surface area (Å²) in [6.07, 6.45) is 12.1. The highest BCUT2D eigenvalue weighted by Gasteiger charge is 2.16. The highest BCUT2D eigenvalue weighted by Crippen LogP contribution is 2.20. The Kier molecular flexibility index (Phi) is 11.1. The molecule has 0 atom stereocenters. The number of carbonyl (C=O) groups is 2. The molecule has 1 aliphatic rings. The lowest BCUT2D eigenvalue weighted by Gasteiger charge is -2.21. The van der Waals surface area contributed by atoms with Gasteiger partial charge in [0.05, 0.1) is 0 Å². The molecule has 23 heavy (non-hydrogen) atoms. The van der Waals surface area contributed by atoms with Crippen molar-refractivity contribution < 1.29 is 19.4 Å². The molecule has 3 N–H and O–H groups in total. The third-order valence-electron chi connectivity index (χ3n) is 4.23. The normalized spacial score (nSPS) is 15.1. The molecule has 1 rings (SSSR count). The Morgan fingerprint density at radius 2 is 1.35 bits per heavy atom. The van der Waals surface area contributed by atoms with E-state index in [-0.39, 0.29) is 12.2 Å². The molecule has 0 aromatic heterocycles. The molecule has 0 saturated heterocycles. The maximum atomic E-state index is 11.6. The number of carboxylic acid groups (broad SMARTS) is 1. The Labute approximate surface area is 139 Å². The quantitative estimate of drug-likeness (QED) is 0.499. The van der Waals surface area contributed by atoms with Gasteiger partial charge >= 0.3 is 12.2 Å². The van der Waals surface area contributed by atoms with E-state index in [0.29, 0.717) is 13.1 Å². The second-order valence-corrected chi connectivity index (χ2v) is 6.30. The highest BCUT2D eigenvalue weighted by molar-refractivity contribution is 5.67. The maximum absolute atomic E-state index is 11.6. The lowest BCUT2D eigenvalue weighted by molar-refractivity contribution is 0.0753. The van der Waals surface area contributed by atoms with Gasteiger partial charge in [0.1, 0.15) is 6.10 Å². The van der Waals surface area contributed by atoms with Crippen LogP contribution in [0.5, 0.6) is 0 Å². The van der Waals surface area contributed by atoms with Crippen LogP contribution in [0.1, 0.15) is 77.0 Å². The molecule has 0 aliphatic heterocycles. The minimum atomic E-state index is -0.945. The first-order chi connectivity index (χ1) is 11.2. The number of carbonyl (C=O) groups excluding carboxylic acids is 1. The van der Waals surface area contributed by atoms with E-state index in [4.69, 9.17) is 9.84 Å². The molecule has 1 saturated carbocycles. The summed E-state index contributed by atoms with van der Waals surface area (Å²) in [5, 5.41) is 13.6. The molecule has 0 bridgehead atoms. The molecular weight excluding hydrogens is 296 g/mol. The minimum Gasteiger partial charge on any atom is -0.465 e. The zero-order chi connectivity index (χ0) is 16.8. The lowest BCUT2D eigenvalue weighted by Crippen LogP contribution is -2.30. The Morgan fingerprint density at radius 1 is 0.826 bits per heavy atom. The molecule has 0 spiro atoms. The summed E-state index contributed by atoms with van der Waals surface area (Å²) in [7, 11) is 0. The van der Waals surface area contributed by atoms with Gasteiger partial charge in [-0.15, -0.1) is 0 Å². The van der Waals surface area contributed by atoms with Crippen molar-refractivity contribution in [2.75, 3.05) is 13.1 Å². The summed E-state index contributed by atoms with van der Waals surface area (Å²) in [4.78, 5) is 21.9. The fourth-order valence-electron chi connectivity index (χ4n) is 2.90. The van der Waals surface area contributed by atoms with E-state index in [1.165, 1.54) is 25.7 Å². The molecule has 1 fully saturated rings. The Balaban J connectivity index is 1.80. The molecule has 6 nitrogen and oxygen atoms in total. The van der Waals surface area contributed by atoms with Crippen molar-refractivity contribution >= 4 is 12.2 Å². The number of nitrogens with one attached hydrogen (secondary N) is 2. The molecule has 0 radical (unpaired) electrons. The van der Waals surface area contributed by atoms with Crippen molar-refractivity contribution in [1.29, 1.82) is 0 Å². The zero-order valence-corrected chi connectivity index (χ0v) is 14.1. The summed E-state index contributed by atoms with van der Waals surface area (Å²) in [6.45, 7) is 1.23. The van der Waals surface area contributed by atoms with E-state index in [1.807, 2.05) is 0 Å². The third kappa shape index (κ3) is 11.7. The molecule has 6 heteroatoms. The third-order valence-corrected chi connectivity index (χ3v) is 4.23. The SMILES string of the molecule is O=C(O)NCCCCCCCCCNC(=O)OC1CCCCC1. The molecule has 134 valence electrons. The first-order valence-electron chi connectivity index (χ1n) is 9.10.